The molecule has 0 amide bonds. The molecule has 0 N–H and O–H groups in total. The predicted molar refractivity (Wildman–Crippen MR) is 106 cm³/mol. The number of aliphatic carboxylic acids is 1. The van der Waals surface area contributed by atoms with Crippen molar-refractivity contribution in [3.05, 3.63) is 70.7 Å². The van der Waals surface area contributed by atoms with E-state index in [1.807, 2.05) is 30.3 Å². The summed E-state index contributed by atoms with van der Waals surface area (Å²) in [6.45, 7) is 3.43. The van der Waals surface area contributed by atoms with E-state index in [1.165, 1.54) is 6.08 Å². The number of carbonyl (C=O) groups excluding carboxylic acids is 1. The Morgan fingerprint density at radius 2 is 1.68 bits per heavy atom. The maximum Gasteiger partial charge on any atom is 0.127 e. The lowest BCUT2D eigenvalue weighted by atomic mass is 9.86. The lowest BCUT2D eigenvalue weighted by molar-refractivity contribution is -0.315. The number of para-hydroxylation sites is 1. The van der Waals surface area contributed by atoms with Gasteiger partial charge in [-0.15, -0.1) is 0 Å². The molecule has 0 heterocycles. The summed E-state index contributed by atoms with van der Waals surface area (Å²) in [6.07, 6.45) is 1.43. The fraction of sp³-hybridized carbons (Fsp3) is 0.273. The fourth-order valence-electron chi connectivity index (χ4n) is 4.19. The number of halogens is 2. The Balaban J connectivity index is 1.89. The number of ether oxygens (including phenoxy) is 1. The zero-order valence-corrected chi connectivity index (χ0v) is 16.9. The fourth-order valence-corrected chi connectivity index (χ4v) is 4.52. The Morgan fingerprint density at radius 3 is 2.18 bits per heavy atom. The molecule has 0 saturated heterocycles. The molecule has 0 aliphatic heterocycles. The molecule has 4 nitrogen and oxygen atoms in total. The molecule has 0 radical (unpaired) electrons. The summed E-state index contributed by atoms with van der Waals surface area (Å²) < 4.78 is 5.62. The van der Waals surface area contributed by atoms with Gasteiger partial charge in [-0.3, -0.25) is 0 Å². The first-order valence-corrected chi connectivity index (χ1v) is 9.44. The Labute approximate surface area is 174 Å². The van der Waals surface area contributed by atoms with Gasteiger partial charge in [-0.2, -0.15) is 5.26 Å². The van der Waals surface area contributed by atoms with Crippen molar-refractivity contribution in [3.63, 3.8) is 0 Å². The number of allylic oxidation sites excluding steroid dienone is 1. The van der Waals surface area contributed by atoms with Gasteiger partial charge in [-0.1, -0.05) is 67.4 Å². The number of nitrogens with zero attached hydrogens (tertiary/aromatic N) is 1. The first kappa shape index (κ1) is 20.3. The van der Waals surface area contributed by atoms with Gasteiger partial charge in [0.2, 0.25) is 0 Å². The first-order chi connectivity index (χ1) is 13.2. The van der Waals surface area contributed by atoms with Crippen LogP contribution >= 0.6 is 23.2 Å². The highest BCUT2D eigenvalue weighted by atomic mass is 35.5. The molecule has 1 aliphatic rings. The van der Waals surface area contributed by atoms with Gasteiger partial charge >= 0.3 is 0 Å². The number of nitriles is 1. The third-order valence-electron chi connectivity index (χ3n) is 5.89. The van der Waals surface area contributed by atoms with Gasteiger partial charge in [0.05, 0.1) is 17.5 Å². The van der Waals surface area contributed by atoms with E-state index in [9.17, 15) is 15.2 Å². The van der Waals surface area contributed by atoms with E-state index < -0.39 is 22.2 Å². The summed E-state index contributed by atoms with van der Waals surface area (Å²) in [5.74, 6) is 0.0346. The topological polar surface area (TPSA) is 73.1 Å². The van der Waals surface area contributed by atoms with Crippen LogP contribution in [-0.2, 0) is 11.2 Å². The number of hydrogen-bond donors (Lipinski definition) is 0. The van der Waals surface area contributed by atoms with Crippen LogP contribution in [0.5, 0.6) is 11.5 Å². The number of carboxylic acids is 1. The number of carbonyl (C=O) groups is 1. The normalized spacial score (nSPS) is 24.7. The summed E-state index contributed by atoms with van der Waals surface area (Å²) in [6, 6.07) is 18.5. The molecule has 1 aliphatic carbocycles. The standard InChI is InChI=1S/C22H19Cl2NO3/c1-20(2)21(14-25,13-18(23)24)22(20,19(26)27)12-15-8-10-17(11-9-15)28-16-6-4-3-5-7-16/h3-11,13H,12H2,1-2H3,(H,26,27)/p-1/t21-,22+/m1/s1. The van der Waals surface area contributed by atoms with Crippen molar-refractivity contribution >= 4 is 29.2 Å². The maximum atomic E-state index is 12.2. The lowest BCUT2D eigenvalue weighted by Gasteiger charge is -2.22. The quantitative estimate of drug-likeness (QED) is 0.690. The van der Waals surface area contributed by atoms with Crippen molar-refractivity contribution < 1.29 is 14.6 Å². The molecule has 0 unspecified atom stereocenters. The van der Waals surface area contributed by atoms with Crippen molar-refractivity contribution in [1.82, 2.24) is 0 Å². The zero-order chi connectivity index (χ0) is 20.6. The van der Waals surface area contributed by atoms with E-state index in [0.29, 0.717) is 11.5 Å². The average molecular weight is 415 g/mol. The van der Waals surface area contributed by atoms with Crippen molar-refractivity contribution in [2.75, 3.05) is 0 Å². The summed E-state index contributed by atoms with van der Waals surface area (Å²) in [7, 11) is 0. The highest BCUT2D eigenvalue weighted by Gasteiger charge is 2.82. The number of rotatable bonds is 6. The predicted octanol–water partition coefficient (Wildman–Crippen LogP) is 4.63. The number of carboxylic acid groups (broad SMARTS) is 1. The molecule has 1 saturated carbocycles. The number of hydrogen-bond acceptors (Lipinski definition) is 4. The molecular weight excluding hydrogens is 397 g/mol. The second-order valence-electron chi connectivity index (χ2n) is 7.41. The van der Waals surface area contributed by atoms with Gasteiger partial charge in [0.25, 0.3) is 0 Å². The smallest absolute Gasteiger partial charge is 0.127 e. The van der Waals surface area contributed by atoms with Crippen LogP contribution in [0.15, 0.2) is 65.2 Å². The summed E-state index contributed by atoms with van der Waals surface area (Å²) in [5.41, 5.74) is -2.95. The molecule has 0 spiro atoms. The molecule has 0 aromatic heterocycles. The van der Waals surface area contributed by atoms with Crippen molar-refractivity contribution in [3.8, 4) is 17.6 Å². The Hall–Kier alpha value is -2.48. The molecular formula is C22H18Cl2NO3-. The second-order valence-corrected chi connectivity index (χ2v) is 8.42. The molecule has 2 aromatic rings. The van der Waals surface area contributed by atoms with E-state index >= 15 is 0 Å². The van der Waals surface area contributed by atoms with E-state index in [1.54, 1.807) is 38.1 Å². The van der Waals surface area contributed by atoms with Crippen LogP contribution < -0.4 is 9.84 Å². The van der Waals surface area contributed by atoms with Crippen LogP contribution in [0.3, 0.4) is 0 Å². The average Bonchev–Trinajstić information content (AvgIpc) is 3.06. The van der Waals surface area contributed by atoms with Gasteiger partial charge < -0.3 is 14.6 Å². The van der Waals surface area contributed by atoms with Crippen LogP contribution in [0.25, 0.3) is 0 Å². The molecule has 28 heavy (non-hydrogen) atoms. The van der Waals surface area contributed by atoms with E-state index in [2.05, 4.69) is 6.07 Å². The highest BCUT2D eigenvalue weighted by Crippen LogP contribution is 2.79. The Bertz CT molecular complexity index is 960. The van der Waals surface area contributed by atoms with Gasteiger partial charge in [-0.05, 0) is 42.3 Å². The first-order valence-electron chi connectivity index (χ1n) is 8.68. The molecule has 1 fully saturated rings. The monoisotopic (exact) mass is 414 g/mol. The van der Waals surface area contributed by atoms with E-state index in [0.717, 1.165) is 5.56 Å². The minimum Gasteiger partial charge on any atom is -0.549 e. The van der Waals surface area contributed by atoms with Crippen molar-refractivity contribution in [2.45, 2.75) is 20.3 Å². The summed E-state index contributed by atoms with van der Waals surface area (Å²) >= 11 is 11.6. The minimum atomic E-state index is -1.44. The number of benzene rings is 2. The molecule has 2 atom stereocenters. The highest BCUT2D eigenvalue weighted by molar-refractivity contribution is 6.56. The van der Waals surface area contributed by atoms with Crippen LogP contribution in [0.2, 0.25) is 0 Å². The summed E-state index contributed by atoms with van der Waals surface area (Å²) in [4.78, 5) is 12.2. The Kier molecular flexibility index (Phi) is 5.18. The van der Waals surface area contributed by atoms with Crippen LogP contribution in [-0.4, -0.2) is 5.97 Å². The molecule has 6 heteroatoms. The maximum absolute atomic E-state index is 12.2. The van der Waals surface area contributed by atoms with E-state index in [4.69, 9.17) is 27.9 Å². The Morgan fingerprint density at radius 1 is 1.11 bits per heavy atom. The van der Waals surface area contributed by atoms with Crippen molar-refractivity contribution in [1.29, 1.82) is 5.26 Å². The van der Waals surface area contributed by atoms with Gasteiger partial charge in [0, 0.05) is 10.8 Å². The third-order valence-corrected chi connectivity index (χ3v) is 6.10. The third kappa shape index (κ3) is 2.96. The SMILES string of the molecule is CC1(C)[C@](C#N)(C=C(Cl)Cl)[C@@]1(Cc1ccc(Oc2ccccc2)cc1)C(=O)[O-]. The molecule has 0 bridgehead atoms. The van der Waals surface area contributed by atoms with Crippen LogP contribution in [0, 0.1) is 27.6 Å². The van der Waals surface area contributed by atoms with Crippen molar-refractivity contribution in [2.24, 2.45) is 16.2 Å². The second kappa shape index (κ2) is 7.16. The molecule has 3 rings (SSSR count). The lowest BCUT2D eigenvalue weighted by Crippen LogP contribution is -2.39. The zero-order valence-electron chi connectivity index (χ0n) is 15.4. The molecule has 2 aromatic carbocycles. The largest absolute Gasteiger partial charge is 0.549 e. The van der Waals surface area contributed by atoms with Gasteiger partial charge in [0.1, 0.15) is 16.0 Å². The molecule has 144 valence electrons. The van der Waals surface area contributed by atoms with Gasteiger partial charge in [0.15, 0.2) is 0 Å². The van der Waals surface area contributed by atoms with Crippen LogP contribution in [0.4, 0.5) is 0 Å². The summed E-state index contributed by atoms with van der Waals surface area (Å²) in [5, 5.41) is 22.0. The van der Waals surface area contributed by atoms with Crippen LogP contribution in [0.1, 0.15) is 19.4 Å². The van der Waals surface area contributed by atoms with E-state index in [-0.39, 0.29) is 10.9 Å². The van der Waals surface area contributed by atoms with Gasteiger partial charge in [-0.25, -0.2) is 0 Å². The minimum absolute atomic E-state index is 0.110.